The number of pyridine rings is 1. The first-order valence-corrected chi connectivity index (χ1v) is 5.28. The van der Waals surface area contributed by atoms with Crippen LogP contribution in [0.1, 0.15) is 18.4 Å². The summed E-state index contributed by atoms with van der Waals surface area (Å²) in [6.07, 6.45) is 7.16. The molecule has 0 bridgehead atoms. The van der Waals surface area contributed by atoms with E-state index in [2.05, 4.69) is 9.98 Å². The zero-order valence-electron chi connectivity index (χ0n) is 8.68. The van der Waals surface area contributed by atoms with E-state index < -0.39 is 0 Å². The zero-order chi connectivity index (χ0) is 11.0. The van der Waals surface area contributed by atoms with Gasteiger partial charge in [0.25, 0.3) is 0 Å². The Bertz CT molecular complexity index is 590. The number of benzene rings is 1. The van der Waals surface area contributed by atoms with E-state index in [1.54, 1.807) is 12.3 Å². The smallest absolute Gasteiger partial charge is 0.235 e. The Balaban J connectivity index is 2.28. The van der Waals surface area contributed by atoms with Crippen LogP contribution in [0.25, 0.3) is 10.8 Å². The number of carbonyl (C=O) groups excluding carboxylic acids is 1. The molecule has 1 heterocycles. The van der Waals surface area contributed by atoms with Crippen LogP contribution in [0.3, 0.4) is 0 Å². The van der Waals surface area contributed by atoms with Gasteiger partial charge in [0.15, 0.2) is 0 Å². The predicted molar refractivity (Wildman–Crippen MR) is 60.8 cm³/mol. The third-order valence-corrected chi connectivity index (χ3v) is 3.17. The molecule has 3 nitrogen and oxygen atoms in total. The summed E-state index contributed by atoms with van der Waals surface area (Å²) >= 11 is 0. The van der Waals surface area contributed by atoms with Crippen molar-refractivity contribution in [3.8, 4) is 0 Å². The summed E-state index contributed by atoms with van der Waals surface area (Å²) in [6, 6.07) is 8.02. The molecule has 16 heavy (non-hydrogen) atoms. The summed E-state index contributed by atoms with van der Waals surface area (Å²) in [6.45, 7) is 0. The van der Waals surface area contributed by atoms with Crippen LogP contribution in [0.4, 0.5) is 0 Å². The van der Waals surface area contributed by atoms with E-state index >= 15 is 0 Å². The molecular weight excluding hydrogens is 200 g/mol. The highest BCUT2D eigenvalue weighted by Gasteiger charge is 2.45. The van der Waals surface area contributed by atoms with Crippen molar-refractivity contribution in [2.75, 3.05) is 0 Å². The second kappa shape index (κ2) is 3.26. The van der Waals surface area contributed by atoms with Gasteiger partial charge >= 0.3 is 0 Å². The average molecular weight is 210 g/mol. The molecule has 3 rings (SSSR count). The lowest BCUT2D eigenvalue weighted by Crippen LogP contribution is -2.02. The Hall–Kier alpha value is -1.99. The molecule has 0 N–H and O–H groups in total. The normalized spacial score (nSPS) is 16.8. The molecule has 0 spiro atoms. The van der Waals surface area contributed by atoms with E-state index in [1.807, 2.05) is 30.5 Å². The van der Waals surface area contributed by atoms with E-state index in [4.69, 9.17) is 0 Å². The molecule has 0 aliphatic heterocycles. The molecule has 0 radical (unpaired) electrons. The minimum Gasteiger partial charge on any atom is -0.264 e. The first-order valence-electron chi connectivity index (χ1n) is 5.28. The number of hydrogen-bond donors (Lipinski definition) is 0. The molecule has 0 saturated heterocycles. The molecule has 3 heteroatoms. The number of nitrogens with zero attached hydrogens (tertiary/aromatic N) is 2. The molecule has 0 atom stereocenters. The van der Waals surface area contributed by atoms with Gasteiger partial charge < -0.3 is 0 Å². The summed E-state index contributed by atoms with van der Waals surface area (Å²) in [7, 11) is 0. The standard InChI is InChI=1S/C13H10N2O/c16-9-15-13(5-6-13)12-3-1-2-10-8-14-7-4-11(10)12/h1-4,7-8H,5-6H2. The van der Waals surface area contributed by atoms with E-state index in [1.165, 1.54) is 0 Å². The highest BCUT2D eigenvalue weighted by molar-refractivity contribution is 5.86. The predicted octanol–water partition coefficient (Wildman–Crippen LogP) is 2.56. The van der Waals surface area contributed by atoms with E-state index in [0.717, 1.165) is 29.2 Å². The number of isocyanates is 1. The van der Waals surface area contributed by atoms with Gasteiger partial charge in [-0.25, -0.2) is 4.79 Å². The van der Waals surface area contributed by atoms with Crippen molar-refractivity contribution in [1.82, 2.24) is 4.98 Å². The molecule has 1 fully saturated rings. The zero-order valence-corrected chi connectivity index (χ0v) is 8.68. The van der Waals surface area contributed by atoms with Crippen LogP contribution in [-0.4, -0.2) is 11.1 Å². The molecular formula is C13H10N2O. The second-order valence-electron chi connectivity index (χ2n) is 4.14. The van der Waals surface area contributed by atoms with Crippen LogP contribution < -0.4 is 0 Å². The maximum Gasteiger partial charge on any atom is 0.235 e. The van der Waals surface area contributed by atoms with Gasteiger partial charge in [-0.3, -0.25) is 4.98 Å². The third kappa shape index (κ3) is 1.26. The molecule has 0 amide bonds. The van der Waals surface area contributed by atoms with Crippen LogP contribution in [-0.2, 0) is 10.3 Å². The minimum absolute atomic E-state index is 0.303. The Labute approximate surface area is 92.8 Å². The molecule has 1 saturated carbocycles. The molecule has 1 aliphatic rings. The Morgan fingerprint density at radius 2 is 2.19 bits per heavy atom. The van der Waals surface area contributed by atoms with Crippen molar-refractivity contribution in [2.24, 2.45) is 4.99 Å². The molecule has 78 valence electrons. The largest absolute Gasteiger partial charge is 0.264 e. The maximum absolute atomic E-state index is 10.5. The summed E-state index contributed by atoms with van der Waals surface area (Å²) in [5, 5.41) is 2.22. The Kier molecular flexibility index (Phi) is 1.88. The van der Waals surface area contributed by atoms with Crippen LogP contribution in [0, 0.1) is 0 Å². The molecule has 1 aromatic carbocycles. The van der Waals surface area contributed by atoms with Gasteiger partial charge in [0.1, 0.15) is 0 Å². The lowest BCUT2D eigenvalue weighted by molar-refractivity contribution is 0.556. The van der Waals surface area contributed by atoms with Gasteiger partial charge in [-0.15, -0.1) is 0 Å². The number of aliphatic imine (C=N–C) groups is 1. The van der Waals surface area contributed by atoms with Gasteiger partial charge in [-0.1, -0.05) is 18.2 Å². The lowest BCUT2D eigenvalue weighted by Gasteiger charge is -2.11. The van der Waals surface area contributed by atoms with Gasteiger partial charge in [-0.2, -0.15) is 4.99 Å². The fraction of sp³-hybridized carbons (Fsp3) is 0.231. The second-order valence-corrected chi connectivity index (χ2v) is 4.14. The van der Waals surface area contributed by atoms with Crippen LogP contribution >= 0.6 is 0 Å². The Morgan fingerprint density at radius 1 is 1.31 bits per heavy atom. The van der Waals surface area contributed by atoms with Gasteiger partial charge in [-0.05, 0) is 29.9 Å². The summed E-state index contributed by atoms with van der Waals surface area (Å²) in [5.41, 5.74) is 0.818. The number of aromatic nitrogens is 1. The van der Waals surface area contributed by atoms with Crippen molar-refractivity contribution in [3.05, 3.63) is 42.2 Å². The fourth-order valence-electron chi connectivity index (χ4n) is 2.18. The lowest BCUT2D eigenvalue weighted by atomic mass is 9.99. The van der Waals surface area contributed by atoms with Crippen molar-refractivity contribution >= 4 is 16.9 Å². The van der Waals surface area contributed by atoms with Crippen LogP contribution in [0.15, 0.2) is 41.7 Å². The first kappa shape index (κ1) is 9.25. The maximum atomic E-state index is 10.5. The monoisotopic (exact) mass is 210 g/mol. The molecule has 1 aromatic heterocycles. The van der Waals surface area contributed by atoms with Crippen LogP contribution in [0.5, 0.6) is 0 Å². The average Bonchev–Trinajstić information content (AvgIpc) is 3.10. The minimum atomic E-state index is -0.303. The third-order valence-electron chi connectivity index (χ3n) is 3.17. The number of rotatable bonds is 2. The van der Waals surface area contributed by atoms with E-state index in [9.17, 15) is 4.79 Å². The van der Waals surface area contributed by atoms with Crippen molar-refractivity contribution < 1.29 is 4.79 Å². The van der Waals surface area contributed by atoms with Crippen molar-refractivity contribution in [2.45, 2.75) is 18.4 Å². The Morgan fingerprint density at radius 3 is 2.94 bits per heavy atom. The topological polar surface area (TPSA) is 42.3 Å². The number of hydrogen-bond acceptors (Lipinski definition) is 3. The molecule has 2 aromatic rings. The number of fused-ring (bicyclic) bond motifs is 1. The summed E-state index contributed by atoms with van der Waals surface area (Å²) < 4.78 is 0. The first-order chi connectivity index (χ1) is 7.86. The fourth-order valence-corrected chi connectivity index (χ4v) is 2.18. The van der Waals surface area contributed by atoms with Gasteiger partial charge in [0, 0.05) is 17.8 Å². The van der Waals surface area contributed by atoms with Crippen molar-refractivity contribution in [3.63, 3.8) is 0 Å². The van der Waals surface area contributed by atoms with Crippen LogP contribution in [0.2, 0.25) is 0 Å². The van der Waals surface area contributed by atoms with Gasteiger partial charge in [0.2, 0.25) is 6.08 Å². The molecule has 1 aliphatic carbocycles. The quantitative estimate of drug-likeness (QED) is 0.564. The SMILES string of the molecule is O=C=NC1(c2cccc3cnccc23)CC1. The summed E-state index contributed by atoms with van der Waals surface area (Å²) in [4.78, 5) is 18.5. The highest BCUT2D eigenvalue weighted by Crippen LogP contribution is 2.51. The summed E-state index contributed by atoms with van der Waals surface area (Å²) in [5.74, 6) is 0. The van der Waals surface area contributed by atoms with E-state index in [-0.39, 0.29) is 5.54 Å². The van der Waals surface area contributed by atoms with Gasteiger partial charge in [0.05, 0.1) is 5.54 Å². The van der Waals surface area contributed by atoms with Crippen molar-refractivity contribution in [1.29, 1.82) is 0 Å². The highest BCUT2D eigenvalue weighted by atomic mass is 16.1. The van der Waals surface area contributed by atoms with E-state index in [0.29, 0.717) is 0 Å². The molecule has 0 unspecified atom stereocenters.